The van der Waals surface area contributed by atoms with E-state index in [2.05, 4.69) is 31.9 Å². The van der Waals surface area contributed by atoms with Gasteiger partial charge in [-0.25, -0.2) is 4.79 Å². The number of carbonyl (C=O) groups is 1. The summed E-state index contributed by atoms with van der Waals surface area (Å²) in [5.41, 5.74) is 2.03. The predicted molar refractivity (Wildman–Crippen MR) is 100 cm³/mol. The molecule has 0 bridgehead atoms. The molecule has 25 heavy (non-hydrogen) atoms. The van der Waals surface area contributed by atoms with Gasteiger partial charge >= 0.3 is 5.97 Å². The molecule has 0 unspecified atom stereocenters. The lowest BCUT2D eigenvalue weighted by Gasteiger charge is -2.37. The zero-order valence-electron chi connectivity index (χ0n) is 12.8. The van der Waals surface area contributed by atoms with Gasteiger partial charge in [-0.1, -0.05) is 42.5 Å². The molecule has 5 heteroatoms. The van der Waals surface area contributed by atoms with E-state index in [0.717, 1.165) is 25.6 Å². The minimum atomic E-state index is -1.01. The fraction of sp³-hybridized carbons (Fsp3) is 0.0500. The van der Waals surface area contributed by atoms with Crippen LogP contribution in [0.1, 0.15) is 27.0 Å². The third-order valence-electron chi connectivity index (χ3n) is 4.67. The Labute approximate surface area is 160 Å². The number of halogens is 2. The molecule has 0 saturated carbocycles. The summed E-state index contributed by atoms with van der Waals surface area (Å²) in [7, 11) is 0. The number of para-hydroxylation sites is 2. The highest BCUT2D eigenvalue weighted by molar-refractivity contribution is 9.11. The fourth-order valence-electron chi connectivity index (χ4n) is 3.64. The second-order valence-corrected chi connectivity index (χ2v) is 7.66. The first-order valence-electron chi connectivity index (χ1n) is 7.71. The van der Waals surface area contributed by atoms with Crippen LogP contribution in [0.4, 0.5) is 0 Å². The van der Waals surface area contributed by atoms with Crippen molar-refractivity contribution in [3.05, 3.63) is 91.9 Å². The first-order valence-corrected chi connectivity index (χ1v) is 9.30. The number of hydrogen-bond acceptors (Lipinski definition) is 3. The average Bonchev–Trinajstić information content (AvgIpc) is 2.91. The Kier molecular flexibility index (Phi) is 3.15. The molecule has 2 aliphatic rings. The maximum Gasteiger partial charge on any atom is 0.340 e. The molecule has 0 aromatic heterocycles. The summed E-state index contributed by atoms with van der Waals surface area (Å²) < 4.78 is 13.9. The maximum absolute atomic E-state index is 12.6. The van der Waals surface area contributed by atoms with Crippen LogP contribution in [-0.4, -0.2) is 5.97 Å². The van der Waals surface area contributed by atoms with E-state index in [0.29, 0.717) is 17.1 Å². The molecule has 1 spiro atoms. The van der Waals surface area contributed by atoms with Gasteiger partial charge in [-0.15, -0.1) is 0 Å². The Morgan fingerprint density at radius 2 is 1.28 bits per heavy atom. The predicted octanol–water partition coefficient (Wildman–Crippen LogP) is 5.78. The van der Waals surface area contributed by atoms with Crippen molar-refractivity contribution in [1.29, 1.82) is 0 Å². The van der Waals surface area contributed by atoms with E-state index < -0.39 is 5.60 Å². The Morgan fingerprint density at radius 3 is 1.92 bits per heavy atom. The summed E-state index contributed by atoms with van der Waals surface area (Å²) in [6, 6.07) is 19.1. The summed E-state index contributed by atoms with van der Waals surface area (Å²) in [6.07, 6.45) is 0. The highest BCUT2D eigenvalue weighted by atomic mass is 79.9. The van der Waals surface area contributed by atoms with Crippen molar-refractivity contribution in [2.45, 2.75) is 5.60 Å². The van der Waals surface area contributed by atoms with Gasteiger partial charge in [-0.3, -0.25) is 0 Å². The molecule has 0 atom stereocenters. The van der Waals surface area contributed by atoms with E-state index in [4.69, 9.17) is 9.47 Å². The number of rotatable bonds is 0. The number of hydrogen-bond donors (Lipinski definition) is 0. The molecule has 5 rings (SSSR count). The van der Waals surface area contributed by atoms with E-state index in [1.54, 1.807) is 6.07 Å². The summed E-state index contributed by atoms with van der Waals surface area (Å²) in [5.74, 6) is 0.993. The quantitative estimate of drug-likeness (QED) is 0.401. The number of benzene rings is 3. The first-order chi connectivity index (χ1) is 12.1. The van der Waals surface area contributed by atoms with Crippen molar-refractivity contribution in [2.24, 2.45) is 0 Å². The molecule has 3 aromatic rings. The van der Waals surface area contributed by atoms with Gasteiger partial charge in [0.15, 0.2) is 5.60 Å². The molecule has 0 radical (unpaired) electrons. The SMILES string of the molecule is O=C1OC2(c3ccccc31)c1cccc(Br)c1Oc1c(Br)cccc12. The van der Waals surface area contributed by atoms with E-state index in [9.17, 15) is 4.79 Å². The number of ether oxygens (including phenoxy) is 2. The largest absolute Gasteiger partial charge is 0.454 e. The van der Waals surface area contributed by atoms with Gasteiger partial charge in [0.05, 0.1) is 14.5 Å². The molecule has 122 valence electrons. The number of carbonyl (C=O) groups excluding carboxylic acids is 1. The van der Waals surface area contributed by atoms with Crippen molar-refractivity contribution in [3.63, 3.8) is 0 Å². The molecule has 2 heterocycles. The minimum Gasteiger partial charge on any atom is -0.454 e. The zero-order chi connectivity index (χ0) is 17.2. The summed E-state index contributed by atoms with van der Waals surface area (Å²) >= 11 is 7.13. The Bertz CT molecular complexity index is 1010. The molecule has 3 nitrogen and oxygen atoms in total. The minimum absolute atomic E-state index is 0.325. The molecular formula is C20H10Br2O3. The molecular weight excluding hydrogens is 448 g/mol. The van der Waals surface area contributed by atoms with E-state index in [-0.39, 0.29) is 5.97 Å². The molecule has 0 saturated heterocycles. The normalized spacial score (nSPS) is 15.8. The monoisotopic (exact) mass is 456 g/mol. The number of esters is 1. The van der Waals surface area contributed by atoms with E-state index in [1.165, 1.54) is 0 Å². The van der Waals surface area contributed by atoms with Gasteiger partial charge in [0.2, 0.25) is 0 Å². The smallest absolute Gasteiger partial charge is 0.340 e. The van der Waals surface area contributed by atoms with Gasteiger partial charge in [0.1, 0.15) is 11.5 Å². The van der Waals surface area contributed by atoms with Gasteiger partial charge in [-0.05, 0) is 50.1 Å². The third-order valence-corrected chi connectivity index (χ3v) is 5.92. The van der Waals surface area contributed by atoms with Crippen LogP contribution < -0.4 is 4.74 Å². The highest BCUT2D eigenvalue weighted by Gasteiger charge is 2.53. The molecule has 0 N–H and O–H groups in total. The van der Waals surface area contributed by atoms with Gasteiger partial charge in [-0.2, -0.15) is 0 Å². The van der Waals surface area contributed by atoms with Crippen LogP contribution in [0.2, 0.25) is 0 Å². The topological polar surface area (TPSA) is 35.5 Å². The van der Waals surface area contributed by atoms with Gasteiger partial charge < -0.3 is 9.47 Å². The Hall–Kier alpha value is -2.11. The highest BCUT2D eigenvalue weighted by Crippen LogP contribution is 2.58. The van der Waals surface area contributed by atoms with E-state index in [1.807, 2.05) is 54.6 Å². The third kappa shape index (κ3) is 1.88. The lowest BCUT2D eigenvalue weighted by molar-refractivity contribution is 0.0223. The second kappa shape index (κ2) is 5.19. The van der Waals surface area contributed by atoms with Crippen molar-refractivity contribution in [3.8, 4) is 11.5 Å². The fourth-order valence-corrected chi connectivity index (χ4v) is 4.54. The lowest BCUT2D eigenvalue weighted by atomic mass is 9.78. The van der Waals surface area contributed by atoms with Crippen LogP contribution in [0.3, 0.4) is 0 Å². The van der Waals surface area contributed by atoms with Crippen LogP contribution in [0.5, 0.6) is 11.5 Å². The molecule has 0 fully saturated rings. The molecule has 2 aliphatic heterocycles. The van der Waals surface area contributed by atoms with Crippen LogP contribution in [0, 0.1) is 0 Å². The Morgan fingerprint density at radius 1 is 0.720 bits per heavy atom. The molecule has 0 amide bonds. The Balaban J connectivity index is 1.96. The van der Waals surface area contributed by atoms with Crippen LogP contribution in [-0.2, 0) is 10.3 Å². The van der Waals surface area contributed by atoms with Crippen molar-refractivity contribution in [1.82, 2.24) is 0 Å². The standard InChI is InChI=1S/C20H10Br2O3/c21-15-9-3-7-13-17(15)24-18-14(8-4-10-16(18)22)20(13)12-6-2-1-5-11(12)19(23)25-20/h1-10H. The van der Waals surface area contributed by atoms with E-state index >= 15 is 0 Å². The summed E-state index contributed by atoms with van der Waals surface area (Å²) in [6.45, 7) is 0. The van der Waals surface area contributed by atoms with Gasteiger partial charge in [0, 0.05) is 16.7 Å². The van der Waals surface area contributed by atoms with Crippen molar-refractivity contribution < 1.29 is 14.3 Å². The summed E-state index contributed by atoms with van der Waals surface area (Å²) in [4.78, 5) is 12.6. The zero-order valence-corrected chi connectivity index (χ0v) is 15.9. The van der Waals surface area contributed by atoms with Crippen LogP contribution >= 0.6 is 31.9 Å². The maximum atomic E-state index is 12.6. The molecule has 3 aromatic carbocycles. The first kappa shape index (κ1) is 15.2. The average molecular weight is 458 g/mol. The second-order valence-electron chi connectivity index (χ2n) is 5.95. The van der Waals surface area contributed by atoms with Crippen molar-refractivity contribution in [2.75, 3.05) is 0 Å². The lowest BCUT2D eigenvalue weighted by Crippen LogP contribution is -2.33. The number of fused-ring (bicyclic) bond motifs is 6. The van der Waals surface area contributed by atoms with Crippen molar-refractivity contribution >= 4 is 37.8 Å². The van der Waals surface area contributed by atoms with Crippen LogP contribution in [0.15, 0.2) is 69.6 Å². The molecule has 0 aliphatic carbocycles. The summed E-state index contributed by atoms with van der Waals surface area (Å²) in [5, 5.41) is 0. The van der Waals surface area contributed by atoms with Crippen LogP contribution in [0.25, 0.3) is 0 Å². The van der Waals surface area contributed by atoms with Gasteiger partial charge in [0.25, 0.3) is 0 Å².